The van der Waals surface area contributed by atoms with Crippen LogP contribution < -0.4 is 10.6 Å². The number of aromatic nitrogens is 3. The normalized spacial score (nSPS) is 14.9. The van der Waals surface area contributed by atoms with Crippen molar-refractivity contribution in [3.8, 4) is 5.69 Å². The highest BCUT2D eigenvalue weighted by Crippen LogP contribution is 2.25. The third kappa shape index (κ3) is 6.34. The lowest BCUT2D eigenvalue weighted by atomic mass is 10.1. The third-order valence-electron chi connectivity index (χ3n) is 6.47. The SMILES string of the molecule is C[C@@H](NC(=O)Nc1cc2cnn(-c3ccc(F)cc3)c2c(COCCN2CCOCC2)n1)c1ccccc1. The summed E-state index contributed by atoms with van der Waals surface area (Å²) in [4.78, 5) is 19.8. The Morgan fingerprint density at radius 3 is 2.66 bits per heavy atom. The number of nitrogens with one attached hydrogen (secondary N) is 2. The van der Waals surface area contributed by atoms with Gasteiger partial charge in [0.1, 0.15) is 11.6 Å². The molecule has 5 rings (SSSR count). The monoisotopic (exact) mass is 518 g/mol. The molecule has 2 amide bonds. The molecule has 2 aromatic heterocycles. The molecular formula is C28H31FN6O3. The molecule has 0 unspecified atom stereocenters. The number of benzene rings is 2. The quantitative estimate of drug-likeness (QED) is 0.321. The number of anilines is 1. The molecule has 1 aliphatic heterocycles. The second kappa shape index (κ2) is 12.1. The maximum atomic E-state index is 13.5. The first-order valence-electron chi connectivity index (χ1n) is 12.7. The van der Waals surface area contributed by atoms with E-state index in [-0.39, 0.29) is 24.5 Å². The highest BCUT2D eigenvalue weighted by molar-refractivity contribution is 5.92. The summed E-state index contributed by atoms with van der Waals surface area (Å²) < 4.78 is 26.7. The molecule has 9 nitrogen and oxygen atoms in total. The van der Waals surface area contributed by atoms with Gasteiger partial charge >= 0.3 is 6.03 Å². The zero-order chi connectivity index (χ0) is 26.3. The van der Waals surface area contributed by atoms with Crippen molar-refractivity contribution >= 4 is 22.8 Å². The number of pyridine rings is 1. The van der Waals surface area contributed by atoms with Crippen LogP contribution in [0.2, 0.25) is 0 Å². The summed E-state index contributed by atoms with van der Waals surface area (Å²) in [6.45, 7) is 6.72. The maximum Gasteiger partial charge on any atom is 0.320 e. The van der Waals surface area contributed by atoms with Gasteiger partial charge in [-0.15, -0.1) is 0 Å². The predicted molar refractivity (Wildman–Crippen MR) is 143 cm³/mol. The van der Waals surface area contributed by atoms with Crippen LogP contribution in [-0.4, -0.2) is 65.2 Å². The van der Waals surface area contributed by atoms with Gasteiger partial charge in [0.05, 0.1) is 55.6 Å². The van der Waals surface area contributed by atoms with Crippen LogP contribution in [0.1, 0.15) is 24.2 Å². The minimum absolute atomic E-state index is 0.177. The number of halogens is 1. The average molecular weight is 519 g/mol. The summed E-state index contributed by atoms with van der Waals surface area (Å²) in [5, 5.41) is 11.1. The first-order chi connectivity index (χ1) is 18.6. The summed E-state index contributed by atoms with van der Waals surface area (Å²) in [5.41, 5.74) is 3.07. The van der Waals surface area contributed by atoms with Gasteiger partial charge in [0.25, 0.3) is 0 Å². The van der Waals surface area contributed by atoms with Gasteiger partial charge in [0.2, 0.25) is 0 Å². The van der Waals surface area contributed by atoms with Crippen molar-refractivity contribution in [2.24, 2.45) is 0 Å². The van der Waals surface area contributed by atoms with Gasteiger partial charge in [-0.25, -0.2) is 18.9 Å². The lowest BCUT2D eigenvalue weighted by Gasteiger charge is -2.26. The number of nitrogens with zero attached hydrogens (tertiary/aromatic N) is 4. The fraction of sp³-hybridized carbons (Fsp3) is 0.321. The largest absolute Gasteiger partial charge is 0.379 e. The zero-order valence-corrected chi connectivity index (χ0v) is 21.3. The molecule has 0 bridgehead atoms. The predicted octanol–water partition coefficient (Wildman–Crippen LogP) is 4.29. The molecule has 0 aliphatic carbocycles. The molecule has 0 spiro atoms. The Morgan fingerprint density at radius 2 is 1.89 bits per heavy atom. The highest BCUT2D eigenvalue weighted by atomic mass is 19.1. The number of carbonyl (C=O) groups excluding carboxylic acids is 1. The van der Waals surface area contributed by atoms with Crippen LogP contribution in [0.5, 0.6) is 0 Å². The molecule has 2 N–H and O–H groups in total. The molecule has 2 aromatic carbocycles. The molecule has 3 heterocycles. The van der Waals surface area contributed by atoms with E-state index in [0.717, 1.165) is 49.3 Å². The standard InChI is InChI=1S/C28H31FN6O3/c1-20(21-5-3-2-4-6-21)31-28(36)33-26-17-22-18-30-35(24-9-7-23(29)8-10-24)27(22)25(32-26)19-38-16-13-34-11-14-37-15-12-34/h2-10,17-18,20H,11-16,19H2,1H3,(H2,31,32,33,36)/t20-/m1/s1. The Labute approximate surface area is 220 Å². The highest BCUT2D eigenvalue weighted by Gasteiger charge is 2.17. The molecule has 1 saturated heterocycles. The Balaban J connectivity index is 1.35. The van der Waals surface area contributed by atoms with Crippen molar-refractivity contribution in [3.63, 3.8) is 0 Å². The fourth-order valence-corrected chi connectivity index (χ4v) is 4.44. The van der Waals surface area contributed by atoms with Crippen molar-refractivity contribution in [1.29, 1.82) is 0 Å². The number of urea groups is 1. The van der Waals surface area contributed by atoms with Crippen LogP contribution >= 0.6 is 0 Å². The molecule has 4 aromatic rings. The molecule has 1 fully saturated rings. The van der Waals surface area contributed by atoms with Gasteiger partial charge in [0.15, 0.2) is 0 Å². The van der Waals surface area contributed by atoms with Crippen LogP contribution in [0.4, 0.5) is 15.0 Å². The van der Waals surface area contributed by atoms with Crippen molar-refractivity contribution in [2.45, 2.75) is 19.6 Å². The first-order valence-corrected chi connectivity index (χ1v) is 12.7. The van der Waals surface area contributed by atoms with Crippen LogP contribution in [0, 0.1) is 5.82 Å². The topological polar surface area (TPSA) is 93.5 Å². The molecule has 1 atom stereocenters. The number of carbonyl (C=O) groups is 1. The minimum Gasteiger partial charge on any atom is -0.379 e. The third-order valence-corrected chi connectivity index (χ3v) is 6.47. The zero-order valence-electron chi connectivity index (χ0n) is 21.3. The summed E-state index contributed by atoms with van der Waals surface area (Å²) in [6, 6.07) is 17.1. The molecule has 0 radical (unpaired) electrons. The van der Waals surface area contributed by atoms with Crippen molar-refractivity contribution < 1.29 is 18.7 Å². The first kappa shape index (κ1) is 25.8. The maximum absolute atomic E-state index is 13.5. The number of amides is 2. The Morgan fingerprint density at radius 1 is 1.13 bits per heavy atom. The van der Waals surface area contributed by atoms with Gasteiger partial charge < -0.3 is 14.8 Å². The molecule has 10 heteroatoms. The van der Waals surface area contributed by atoms with E-state index in [0.29, 0.717) is 23.8 Å². The molecular weight excluding hydrogens is 487 g/mol. The number of ether oxygens (including phenoxy) is 2. The molecule has 38 heavy (non-hydrogen) atoms. The summed E-state index contributed by atoms with van der Waals surface area (Å²) in [6.07, 6.45) is 1.70. The average Bonchev–Trinajstić information content (AvgIpc) is 3.36. The number of morpholine rings is 1. The lowest BCUT2D eigenvalue weighted by molar-refractivity contribution is 0.0178. The molecule has 0 saturated carbocycles. The second-order valence-corrected chi connectivity index (χ2v) is 9.16. The number of rotatable bonds is 9. The van der Waals surface area contributed by atoms with E-state index in [1.54, 1.807) is 29.1 Å². The van der Waals surface area contributed by atoms with E-state index >= 15 is 0 Å². The van der Waals surface area contributed by atoms with Crippen LogP contribution in [0.15, 0.2) is 66.9 Å². The summed E-state index contributed by atoms with van der Waals surface area (Å²) in [7, 11) is 0. The Kier molecular flexibility index (Phi) is 8.22. The molecule has 1 aliphatic rings. The van der Waals surface area contributed by atoms with E-state index in [2.05, 4.69) is 20.6 Å². The van der Waals surface area contributed by atoms with E-state index in [1.165, 1.54) is 12.1 Å². The summed E-state index contributed by atoms with van der Waals surface area (Å²) in [5.74, 6) is 0.0675. The minimum atomic E-state index is -0.363. The Hall–Kier alpha value is -3.86. The van der Waals surface area contributed by atoms with E-state index in [1.807, 2.05) is 37.3 Å². The van der Waals surface area contributed by atoms with Gasteiger partial charge in [-0.3, -0.25) is 10.2 Å². The van der Waals surface area contributed by atoms with E-state index in [9.17, 15) is 9.18 Å². The smallest absolute Gasteiger partial charge is 0.320 e. The lowest BCUT2D eigenvalue weighted by Crippen LogP contribution is -2.38. The van der Waals surface area contributed by atoms with Crippen molar-refractivity contribution in [3.05, 3.63) is 83.9 Å². The van der Waals surface area contributed by atoms with Crippen LogP contribution in [0.25, 0.3) is 16.6 Å². The van der Waals surface area contributed by atoms with Gasteiger partial charge in [-0.1, -0.05) is 30.3 Å². The van der Waals surface area contributed by atoms with Gasteiger partial charge in [0, 0.05) is 25.0 Å². The second-order valence-electron chi connectivity index (χ2n) is 9.16. The van der Waals surface area contributed by atoms with Gasteiger partial charge in [-0.2, -0.15) is 5.10 Å². The van der Waals surface area contributed by atoms with Crippen LogP contribution in [0.3, 0.4) is 0 Å². The number of hydrogen-bond donors (Lipinski definition) is 2. The summed E-state index contributed by atoms with van der Waals surface area (Å²) >= 11 is 0. The van der Waals surface area contributed by atoms with E-state index < -0.39 is 0 Å². The van der Waals surface area contributed by atoms with Gasteiger partial charge in [-0.05, 0) is 42.8 Å². The van der Waals surface area contributed by atoms with Crippen LogP contribution in [-0.2, 0) is 16.1 Å². The number of fused-ring (bicyclic) bond motifs is 1. The molecule has 198 valence electrons. The van der Waals surface area contributed by atoms with Crippen molar-refractivity contribution in [2.75, 3.05) is 44.8 Å². The Bertz CT molecular complexity index is 1360. The van der Waals surface area contributed by atoms with Crippen molar-refractivity contribution in [1.82, 2.24) is 25.0 Å². The fourth-order valence-electron chi connectivity index (χ4n) is 4.44. The number of hydrogen-bond acceptors (Lipinski definition) is 6. The van der Waals surface area contributed by atoms with E-state index in [4.69, 9.17) is 14.5 Å².